The first-order valence-corrected chi connectivity index (χ1v) is 11.1. The number of rotatable bonds is 9. The quantitative estimate of drug-likeness (QED) is 0.255. The zero-order valence-corrected chi connectivity index (χ0v) is 18.6. The van der Waals surface area contributed by atoms with E-state index < -0.39 is 17.7 Å². The molecule has 0 saturated carbocycles. The number of amides is 1. The Labute approximate surface area is 184 Å². The predicted octanol–water partition coefficient (Wildman–Crippen LogP) is 5.40. The summed E-state index contributed by atoms with van der Waals surface area (Å²) in [4.78, 5) is 27.6. The van der Waals surface area contributed by atoms with E-state index >= 15 is 0 Å². The summed E-state index contributed by atoms with van der Waals surface area (Å²) in [5, 5.41) is 11.1. The van der Waals surface area contributed by atoms with Crippen molar-refractivity contribution in [3.8, 4) is 5.75 Å². The second-order valence-electron chi connectivity index (χ2n) is 7.93. The number of ether oxygens (including phenoxy) is 1. The van der Waals surface area contributed by atoms with E-state index in [2.05, 4.69) is 6.92 Å². The summed E-state index contributed by atoms with van der Waals surface area (Å²) in [5.41, 5.74) is 2.48. The molecule has 1 unspecified atom stereocenters. The van der Waals surface area contributed by atoms with Crippen LogP contribution in [0.2, 0.25) is 0 Å². The van der Waals surface area contributed by atoms with Crippen molar-refractivity contribution in [2.24, 2.45) is 0 Å². The molecule has 1 heterocycles. The fourth-order valence-electron chi connectivity index (χ4n) is 3.94. The number of unbranched alkanes of at least 4 members (excludes halogenated alkanes) is 2. The summed E-state index contributed by atoms with van der Waals surface area (Å²) in [7, 11) is 0. The standard InChI is InChI=1S/C26H31NO4/c1-4-6-9-16-27-23(21-11-8-7-10-18(21)3)22(25(29)26(27)30)24(28)19-12-14-20(15-13-19)31-17-5-2/h7-8,10-15,23,28H,4-6,9,16-17H2,1-3H3/b24-22-. The molecule has 1 fully saturated rings. The molecule has 0 aromatic heterocycles. The van der Waals surface area contributed by atoms with Crippen LogP contribution in [0.5, 0.6) is 5.75 Å². The van der Waals surface area contributed by atoms with Crippen molar-refractivity contribution in [1.82, 2.24) is 4.90 Å². The van der Waals surface area contributed by atoms with Gasteiger partial charge < -0.3 is 14.7 Å². The number of carbonyl (C=O) groups is 2. The second-order valence-corrected chi connectivity index (χ2v) is 7.93. The van der Waals surface area contributed by atoms with Gasteiger partial charge in [-0.05, 0) is 55.2 Å². The third kappa shape index (κ3) is 4.82. The number of aliphatic hydroxyl groups is 1. The summed E-state index contributed by atoms with van der Waals surface area (Å²) >= 11 is 0. The first kappa shape index (κ1) is 22.6. The smallest absolute Gasteiger partial charge is 0.295 e. The average molecular weight is 422 g/mol. The maximum absolute atomic E-state index is 13.0. The van der Waals surface area contributed by atoms with Gasteiger partial charge in [0.25, 0.3) is 11.7 Å². The highest BCUT2D eigenvalue weighted by molar-refractivity contribution is 6.46. The van der Waals surface area contributed by atoms with Gasteiger partial charge >= 0.3 is 0 Å². The first-order chi connectivity index (χ1) is 15.0. The zero-order valence-electron chi connectivity index (χ0n) is 18.6. The molecular weight excluding hydrogens is 390 g/mol. The Kier molecular flexibility index (Phi) is 7.50. The number of Topliss-reactive ketones (excluding diaryl/α,β-unsaturated/α-hetero) is 1. The van der Waals surface area contributed by atoms with Crippen molar-refractivity contribution in [3.63, 3.8) is 0 Å². The van der Waals surface area contributed by atoms with E-state index in [-0.39, 0.29) is 11.3 Å². The molecule has 1 aliphatic heterocycles. The second kappa shape index (κ2) is 10.3. The summed E-state index contributed by atoms with van der Waals surface area (Å²) in [5.74, 6) is -0.622. The number of hydrogen-bond acceptors (Lipinski definition) is 4. The van der Waals surface area contributed by atoms with Crippen LogP contribution < -0.4 is 4.74 Å². The molecule has 2 aromatic carbocycles. The van der Waals surface area contributed by atoms with E-state index in [0.717, 1.165) is 36.8 Å². The Morgan fingerprint density at radius 2 is 1.71 bits per heavy atom. The molecule has 5 heteroatoms. The number of ketones is 1. The van der Waals surface area contributed by atoms with Crippen molar-refractivity contribution in [2.75, 3.05) is 13.2 Å². The number of aryl methyl sites for hydroxylation is 1. The van der Waals surface area contributed by atoms with Crippen LogP contribution in [-0.4, -0.2) is 34.8 Å². The van der Waals surface area contributed by atoms with E-state index in [1.54, 1.807) is 29.2 Å². The normalized spacial score (nSPS) is 17.9. The van der Waals surface area contributed by atoms with Crippen LogP contribution in [0.4, 0.5) is 0 Å². The monoisotopic (exact) mass is 421 g/mol. The minimum Gasteiger partial charge on any atom is -0.507 e. The number of benzene rings is 2. The van der Waals surface area contributed by atoms with Gasteiger partial charge in [-0.25, -0.2) is 0 Å². The molecule has 164 valence electrons. The Bertz CT molecular complexity index is 962. The van der Waals surface area contributed by atoms with E-state index in [4.69, 9.17) is 4.74 Å². The lowest BCUT2D eigenvalue weighted by atomic mass is 9.92. The molecule has 31 heavy (non-hydrogen) atoms. The van der Waals surface area contributed by atoms with Crippen LogP contribution in [0, 0.1) is 6.92 Å². The molecular formula is C26H31NO4. The van der Waals surface area contributed by atoms with E-state index in [0.29, 0.717) is 24.5 Å². The Hall–Kier alpha value is -3.08. The number of hydrogen-bond donors (Lipinski definition) is 1. The lowest BCUT2D eigenvalue weighted by Crippen LogP contribution is -2.31. The predicted molar refractivity (Wildman–Crippen MR) is 122 cm³/mol. The van der Waals surface area contributed by atoms with Gasteiger partial charge in [-0.15, -0.1) is 0 Å². The Balaban J connectivity index is 2.05. The van der Waals surface area contributed by atoms with Crippen molar-refractivity contribution in [1.29, 1.82) is 0 Å². The van der Waals surface area contributed by atoms with E-state index in [1.807, 2.05) is 38.1 Å². The number of nitrogens with zero attached hydrogens (tertiary/aromatic N) is 1. The maximum atomic E-state index is 13.0. The minimum atomic E-state index is -0.631. The molecule has 2 aromatic rings. The van der Waals surface area contributed by atoms with Crippen molar-refractivity contribution < 1.29 is 19.4 Å². The Morgan fingerprint density at radius 1 is 1.00 bits per heavy atom. The maximum Gasteiger partial charge on any atom is 0.295 e. The SMILES string of the molecule is CCCCCN1C(=O)C(=O)/C(=C(\O)c2ccc(OCCC)cc2)C1c1ccccc1C. The summed E-state index contributed by atoms with van der Waals surface area (Å²) < 4.78 is 5.60. The van der Waals surface area contributed by atoms with Crippen LogP contribution in [0.3, 0.4) is 0 Å². The third-order valence-corrected chi connectivity index (χ3v) is 5.63. The van der Waals surface area contributed by atoms with Crippen molar-refractivity contribution in [2.45, 2.75) is 52.5 Å². The lowest BCUT2D eigenvalue weighted by molar-refractivity contribution is -0.139. The van der Waals surface area contributed by atoms with Crippen LogP contribution >= 0.6 is 0 Å². The molecule has 0 spiro atoms. The highest BCUT2D eigenvalue weighted by atomic mass is 16.5. The minimum absolute atomic E-state index is 0.147. The molecule has 1 aliphatic rings. The largest absolute Gasteiger partial charge is 0.507 e. The molecule has 3 rings (SSSR count). The number of likely N-dealkylation sites (tertiary alicyclic amines) is 1. The summed E-state index contributed by atoms with van der Waals surface area (Å²) in [6.07, 6.45) is 3.71. The van der Waals surface area contributed by atoms with Gasteiger partial charge in [-0.3, -0.25) is 9.59 Å². The summed E-state index contributed by atoms with van der Waals surface area (Å²) in [6, 6.07) is 14.1. The highest BCUT2D eigenvalue weighted by Crippen LogP contribution is 2.40. The molecule has 5 nitrogen and oxygen atoms in total. The molecule has 1 atom stereocenters. The topological polar surface area (TPSA) is 66.8 Å². The van der Waals surface area contributed by atoms with Crippen LogP contribution in [0.1, 0.15) is 62.3 Å². The van der Waals surface area contributed by atoms with Crippen molar-refractivity contribution in [3.05, 3.63) is 70.8 Å². The van der Waals surface area contributed by atoms with E-state index in [1.165, 1.54) is 0 Å². The van der Waals surface area contributed by atoms with Gasteiger partial charge in [0.15, 0.2) is 0 Å². The van der Waals surface area contributed by atoms with Crippen LogP contribution in [-0.2, 0) is 9.59 Å². The van der Waals surface area contributed by atoms with E-state index in [9.17, 15) is 14.7 Å². The highest BCUT2D eigenvalue weighted by Gasteiger charge is 2.46. The van der Waals surface area contributed by atoms with Crippen LogP contribution in [0.25, 0.3) is 5.76 Å². The molecule has 1 saturated heterocycles. The fourth-order valence-corrected chi connectivity index (χ4v) is 3.94. The molecule has 1 amide bonds. The molecule has 0 bridgehead atoms. The fraction of sp³-hybridized carbons (Fsp3) is 0.385. The van der Waals surface area contributed by atoms with Crippen LogP contribution in [0.15, 0.2) is 54.1 Å². The lowest BCUT2D eigenvalue weighted by Gasteiger charge is -2.26. The summed E-state index contributed by atoms with van der Waals surface area (Å²) in [6.45, 7) is 7.19. The zero-order chi connectivity index (χ0) is 22.4. The average Bonchev–Trinajstić information content (AvgIpc) is 3.03. The molecule has 1 N–H and O–H groups in total. The number of carbonyl (C=O) groups excluding carboxylic acids is 2. The van der Waals surface area contributed by atoms with Gasteiger partial charge in [-0.2, -0.15) is 0 Å². The molecule has 0 aliphatic carbocycles. The van der Waals surface area contributed by atoms with Gasteiger partial charge in [0.2, 0.25) is 0 Å². The third-order valence-electron chi connectivity index (χ3n) is 5.63. The molecule has 0 radical (unpaired) electrons. The van der Waals surface area contributed by atoms with Gasteiger partial charge in [0.05, 0.1) is 18.2 Å². The van der Waals surface area contributed by atoms with Gasteiger partial charge in [-0.1, -0.05) is 51.0 Å². The van der Waals surface area contributed by atoms with Gasteiger partial charge in [0, 0.05) is 12.1 Å². The van der Waals surface area contributed by atoms with Crippen molar-refractivity contribution >= 4 is 17.4 Å². The number of aliphatic hydroxyl groups excluding tert-OH is 1. The van der Waals surface area contributed by atoms with Gasteiger partial charge in [0.1, 0.15) is 11.5 Å². The Morgan fingerprint density at radius 3 is 2.35 bits per heavy atom. The first-order valence-electron chi connectivity index (χ1n) is 11.1.